The predicted octanol–water partition coefficient (Wildman–Crippen LogP) is 3.44. The summed E-state index contributed by atoms with van der Waals surface area (Å²) in [6.45, 7) is 0.852. The minimum Gasteiger partial charge on any atom is -0.372 e. The molecule has 4 nitrogen and oxygen atoms in total. The van der Waals surface area contributed by atoms with Crippen LogP contribution in [0.1, 0.15) is 23.1 Å². The van der Waals surface area contributed by atoms with Gasteiger partial charge in [0.15, 0.2) is 0 Å². The summed E-state index contributed by atoms with van der Waals surface area (Å²) in [7, 11) is 0. The topological polar surface area (TPSA) is 50.4 Å². The van der Waals surface area contributed by atoms with Crippen LogP contribution in [0.3, 0.4) is 0 Å². The highest BCUT2D eigenvalue weighted by Gasteiger charge is 2.42. The van der Waals surface area contributed by atoms with Crippen molar-refractivity contribution < 1.29 is 18.3 Å². The van der Waals surface area contributed by atoms with Gasteiger partial charge >= 0.3 is 0 Å². The third-order valence-electron chi connectivity index (χ3n) is 4.26. The summed E-state index contributed by atoms with van der Waals surface area (Å²) in [4.78, 5) is 12.0. The molecule has 3 rings (SSSR count). The van der Waals surface area contributed by atoms with Crippen LogP contribution >= 0.6 is 12.4 Å². The molecule has 0 aromatic heterocycles. The first kappa shape index (κ1) is 21.3. The fraction of sp³-hybridized carbons (Fsp3) is 0.350. The van der Waals surface area contributed by atoms with E-state index in [-0.39, 0.29) is 12.4 Å². The Hall–Kier alpha value is -2.02. The minimum absolute atomic E-state index is 0. The van der Waals surface area contributed by atoms with Crippen molar-refractivity contribution in [1.29, 1.82) is 0 Å². The van der Waals surface area contributed by atoms with Gasteiger partial charge in [-0.15, -0.1) is 12.4 Å². The number of hydrogen-bond donors (Lipinski definition) is 2. The molecule has 0 aliphatic carbocycles. The lowest BCUT2D eigenvalue weighted by atomic mass is 10.1. The van der Waals surface area contributed by atoms with Gasteiger partial charge in [-0.25, -0.2) is 8.78 Å². The standard InChI is InChI=1S/C20H22F2N2O2.ClH/c21-20(22)10-18(24-14-20)19(25)23-11-16-7-4-8-17(9-16)13-26-12-15-5-2-1-3-6-15;/h1-9,18,24H,10-14H2,(H,23,25);1H. The molecule has 146 valence electrons. The van der Waals surface area contributed by atoms with E-state index in [4.69, 9.17) is 4.74 Å². The highest BCUT2D eigenvalue weighted by molar-refractivity contribution is 5.85. The summed E-state index contributed by atoms with van der Waals surface area (Å²) < 4.78 is 32.0. The smallest absolute Gasteiger partial charge is 0.262 e. The molecule has 1 aliphatic heterocycles. The molecule has 2 aromatic rings. The molecule has 1 heterocycles. The monoisotopic (exact) mass is 396 g/mol. The van der Waals surface area contributed by atoms with E-state index < -0.39 is 30.8 Å². The van der Waals surface area contributed by atoms with Gasteiger partial charge < -0.3 is 10.1 Å². The molecule has 2 aromatic carbocycles. The third kappa shape index (κ3) is 6.57. The number of benzene rings is 2. The van der Waals surface area contributed by atoms with Crippen molar-refractivity contribution >= 4 is 18.3 Å². The van der Waals surface area contributed by atoms with Crippen LogP contribution in [0.15, 0.2) is 54.6 Å². The summed E-state index contributed by atoms with van der Waals surface area (Å²) >= 11 is 0. The van der Waals surface area contributed by atoms with Gasteiger partial charge in [0.2, 0.25) is 5.91 Å². The maximum absolute atomic E-state index is 13.2. The second-order valence-electron chi connectivity index (χ2n) is 6.51. The van der Waals surface area contributed by atoms with Crippen LogP contribution < -0.4 is 10.6 Å². The summed E-state index contributed by atoms with van der Waals surface area (Å²) in [5.41, 5.74) is 3.01. The Morgan fingerprint density at radius 2 is 1.74 bits per heavy atom. The summed E-state index contributed by atoms with van der Waals surface area (Å²) in [5, 5.41) is 5.27. The third-order valence-corrected chi connectivity index (χ3v) is 4.26. The fourth-order valence-corrected chi connectivity index (χ4v) is 2.90. The highest BCUT2D eigenvalue weighted by Crippen LogP contribution is 2.25. The Morgan fingerprint density at radius 1 is 1.07 bits per heavy atom. The first-order valence-corrected chi connectivity index (χ1v) is 8.60. The normalized spacial score (nSPS) is 17.9. The number of alkyl halides is 2. The van der Waals surface area contributed by atoms with Gasteiger partial charge in [-0.05, 0) is 16.7 Å². The van der Waals surface area contributed by atoms with Crippen molar-refractivity contribution in [3.63, 3.8) is 0 Å². The lowest BCUT2D eigenvalue weighted by Gasteiger charge is -2.12. The van der Waals surface area contributed by atoms with Crippen molar-refractivity contribution in [2.75, 3.05) is 6.54 Å². The van der Waals surface area contributed by atoms with Gasteiger partial charge in [0, 0.05) is 13.0 Å². The number of hydrogen-bond acceptors (Lipinski definition) is 3. The molecule has 1 amide bonds. The molecule has 2 N–H and O–H groups in total. The van der Waals surface area contributed by atoms with Crippen LogP contribution in [-0.4, -0.2) is 24.4 Å². The van der Waals surface area contributed by atoms with E-state index in [1.165, 1.54) is 0 Å². The molecule has 0 saturated carbocycles. The molecule has 0 radical (unpaired) electrons. The Kier molecular flexibility index (Phi) is 7.71. The SMILES string of the molecule is Cl.O=C(NCc1cccc(COCc2ccccc2)c1)C1CC(F)(F)CN1. The fourth-order valence-electron chi connectivity index (χ4n) is 2.90. The molecule has 27 heavy (non-hydrogen) atoms. The molecule has 1 fully saturated rings. The second-order valence-corrected chi connectivity index (χ2v) is 6.51. The molecule has 0 bridgehead atoms. The van der Waals surface area contributed by atoms with Gasteiger partial charge in [-0.1, -0.05) is 54.6 Å². The van der Waals surface area contributed by atoms with Crippen LogP contribution in [0.25, 0.3) is 0 Å². The van der Waals surface area contributed by atoms with Crippen molar-refractivity contribution in [3.05, 3.63) is 71.3 Å². The van der Waals surface area contributed by atoms with E-state index in [1.807, 2.05) is 54.6 Å². The van der Waals surface area contributed by atoms with Crippen LogP contribution in [0.4, 0.5) is 8.78 Å². The van der Waals surface area contributed by atoms with Crippen LogP contribution in [0.5, 0.6) is 0 Å². The molecule has 0 spiro atoms. The highest BCUT2D eigenvalue weighted by atomic mass is 35.5. The molecule has 1 aliphatic rings. The van der Waals surface area contributed by atoms with Gasteiger partial charge in [0.05, 0.1) is 25.8 Å². The number of amides is 1. The Bertz CT molecular complexity index is 744. The van der Waals surface area contributed by atoms with Crippen LogP contribution in [-0.2, 0) is 29.3 Å². The van der Waals surface area contributed by atoms with E-state index in [2.05, 4.69) is 10.6 Å². The Balaban J connectivity index is 0.00000261. The zero-order valence-electron chi connectivity index (χ0n) is 14.8. The first-order valence-electron chi connectivity index (χ1n) is 8.60. The Morgan fingerprint density at radius 3 is 2.44 bits per heavy atom. The van der Waals surface area contributed by atoms with E-state index in [0.29, 0.717) is 19.8 Å². The van der Waals surface area contributed by atoms with Gasteiger partial charge in [0.25, 0.3) is 5.92 Å². The van der Waals surface area contributed by atoms with Crippen molar-refractivity contribution in [3.8, 4) is 0 Å². The number of rotatable bonds is 7. The van der Waals surface area contributed by atoms with Gasteiger partial charge in [-0.2, -0.15) is 0 Å². The number of nitrogens with one attached hydrogen (secondary N) is 2. The zero-order valence-corrected chi connectivity index (χ0v) is 15.6. The van der Waals surface area contributed by atoms with Crippen molar-refractivity contribution in [2.45, 2.75) is 38.1 Å². The number of carbonyl (C=O) groups is 1. The van der Waals surface area contributed by atoms with E-state index >= 15 is 0 Å². The quantitative estimate of drug-likeness (QED) is 0.753. The molecule has 1 unspecified atom stereocenters. The van der Waals surface area contributed by atoms with Crippen molar-refractivity contribution in [2.24, 2.45) is 0 Å². The summed E-state index contributed by atoms with van der Waals surface area (Å²) in [5.74, 6) is -3.20. The lowest BCUT2D eigenvalue weighted by molar-refractivity contribution is -0.123. The maximum Gasteiger partial charge on any atom is 0.262 e. The van der Waals surface area contributed by atoms with Gasteiger partial charge in [-0.3, -0.25) is 10.1 Å². The number of halogens is 3. The summed E-state index contributed by atoms with van der Waals surface area (Å²) in [6.07, 6.45) is -0.452. The summed E-state index contributed by atoms with van der Waals surface area (Å²) in [6, 6.07) is 16.8. The molecular formula is C20H23ClF2N2O2. The zero-order chi connectivity index (χ0) is 18.4. The molecule has 1 saturated heterocycles. The lowest BCUT2D eigenvalue weighted by Crippen LogP contribution is -2.40. The number of ether oxygens (including phenoxy) is 1. The second kappa shape index (κ2) is 9.78. The van der Waals surface area contributed by atoms with E-state index in [0.717, 1.165) is 16.7 Å². The predicted molar refractivity (Wildman–Crippen MR) is 102 cm³/mol. The van der Waals surface area contributed by atoms with E-state index in [1.54, 1.807) is 0 Å². The first-order chi connectivity index (χ1) is 12.5. The van der Waals surface area contributed by atoms with Crippen LogP contribution in [0, 0.1) is 0 Å². The average molecular weight is 397 g/mol. The minimum atomic E-state index is -2.81. The molecular weight excluding hydrogens is 374 g/mol. The van der Waals surface area contributed by atoms with Gasteiger partial charge in [0.1, 0.15) is 0 Å². The molecule has 1 atom stereocenters. The van der Waals surface area contributed by atoms with E-state index in [9.17, 15) is 13.6 Å². The largest absolute Gasteiger partial charge is 0.372 e. The molecule has 7 heteroatoms. The maximum atomic E-state index is 13.2. The van der Waals surface area contributed by atoms with Crippen LogP contribution in [0.2, 0.25) is 0 Å². The van der Waals surface area contributed by atoms with Crippen molar-refractivity contribution in [1.82, 2.24) is 10.6 Å². The number of carbonyl (C=O) groups excluding carboxylic acids is 1. The Labute approximate surface area is 163 Å². The average Bonchev–Trinajstić information content (AvgIpc) is 3.01.